The van der Waals surface area contributed by atoms with E-state index in [1.165, 1.54) is 17.2 Å². The topological polar surface area (TPSA) is 149 Å². The van der Waals surface area contributed by atoms with E-state index < -0.39 is 31.1 Å². The van der Waals surface area contributed by atoms with Gasteiger partial charge in [0.25, 0.3) is 0 Å². The van der Waals surface area contributed by atoms with Gasteiger partial charge in [0.2, 0.25) is 0 Å². The lowest BCUT2D eigenvalue weighted by molar-refractivity contribution is -0.0513. The van der Waals surface area contributed by atoms with Gasteiger partial charge in [0.15, 0.2) is 23.2 Å². The number of anilines is 1. The van der Waals surface area contributed by atoms with E-state index in [1.54, 1.807) is 6.08 Å². The highest BCUT2D eigenvalue weighted by Gasteiger charge is 2.44. The van der Waals surface area contributed by atoms with Crippen molar-refractivity contribution in [3.63, 3.8) is 0 Å². The fraction of sp³-hybridized carbons (Fsp3) is 0.500. The number of nitrogen functional groups attached to an aromatic ring is 1. The van der Waals surface area contributed by atoms with Crippen LogP contribution in [0.2, 0.25) is 0 Å². The van der Waals surface area contributed by atoms with Gasteiger partial charge in [0.1, 0.15) is 30.5 Å². The van der Waals surface area contributed by atoms with E-state index in [0.717, 1.165) is 0 Å². The Balaban J connectivity index is 2.11. The van der Waals surface area contributed by atoms with Crippen LogP contribution in [0.5, 0.6) is 0 Å². The van der Waals surface area contributed by atoms with Crippen molar-refractivity contribution in [2.75, 3.05) is 18.9 Å². The number of nitrogens with two attached hydrogens (primary N) is 1. The number of fused-ring (bicyclic) bond motifs is 1. The number of ether oxygens (including phenoxy) is 2. The average Bonchev–Trinajstić information content (AvgIpc) is 3.07. The van der Waals surface area contributed by atoms with Crippen molar-refractivity contribution >= 4 is 23.1 Å². The molecule has 130 valence electrons. The maximum atomic E-state index is 10.3. The zero-order valence-electron chi connectivity index (χ0n) is 13.0. The van der Waals surface area contributed by atoms with Crippen LogP contribution < -0.4 is 5.73 Å². The first-order valence-electron chi connectivity index (χ1n) is 7.47. The molecule has 1 fully saturated rings. The molecule has 2 aromatic heterocycles. The molecule has 1 aliphatic rings. The molecule has 0 spiro atoms. The largest absolute Gasteiger partial charge is 0.501 e. The molecule has 10 nitrogen and oxygen atoms in total. The Bertz CT molecular complexity index is 748. The quantitative estimate of drug-likeness (QED) is 0.505. The van der Waals surface area contributed by atoms with Crippen LogP contribution in [0.4, 0.5) is 5.82 Å². The summed E-state index contributed by atoms with van der Waals surface area (Å²) < 4.78 is 12.2. The van der Waals surface area contributed by atoms with Gasteiger partial charge in [-0.3, -0.25) is 4.57 Å². The summed E-state index contributed by atoms with van der Waals surface area (Å²) in [5.74, 6) is 0.539. The van der Waals surface area contributed by atoms with Crippen molar-refractivity contribution in [3.05, 3.63) is 18.4 Å². The standard InChI is InChI=1S/C14H19N5O5/c1-2-23-4-3-8-18-9-12(15)16-6-17-13(9)19(8)14-11(22)10(21)7(5-20)24-14/h3-4,6-7,10-11,14,20-22H,2,5H2,1H3,(H2,15,16,17)/t7-,10?,11?,14-/m1/s1. The molecule has 3 heterocycles. The maximum absolute atomic E-state index is 10.3. The van der Waals surface area contributed by atoms with E-state index in [4.69, 9.17) is 15.2 Å². The monoisotopic (exact) mass is 337 g/mol. The molecule has 0 radical (unpaired) electrons. The molecule has 0 bridgehead atoms. The molecule has 0 saturated carbocycles. The first-order chi connectivity index (χ1) is 11.6. The van der Waals surface area contributed by atoms with Crippen LogP contribution in [0.25, 0.3) is 17.2 Å². The number of hydrogen-bond acceptors (Lipinski definition) is 9. The van der Waals surface area contributed by atoms with Crippen molar-refractivity contribution in [1.82, 2.24) is 19.5 Å². The summed E-state index contributed by atoms with van der Waals surface area (Å²) >= 11 is 0. The number of aliphatic hydroxyl groups excluding tert-OH is 3. The van der Waals surface area contributed by atoms with Gasteiger partial charge >= 0.3 is 0 Å². The minimum absolute atomic E-state index is 0.177. The predicted molar refractivity (Wildman–Crippen MR) is 83.4 cm³/mol. The molecule has 2 unspecified atom stereocenters. The number of aromatic nitrogens is 4. The fourth-order valence-corrected chi connectivity index (χ4v) is 2.61. The van der Waals surface area contributed by atoms with Crippen LogP contribution in [-0.4, -0.2) is 66.4 Å². The van der Waals surface area contributed by atoms with Gasteiger partial charge in [-0.15, -0.1) is 0 Å². The van der Waals surface area contributed by atoms with Crippen molar-refractivity contribution in [2.45, 2.75) is 31.5 Å². The van der Waals surface area contributed by atoms with Gasteiger partial charge in [0, 0.05) is 6.08 Å². The summed E-state index contributed by atoms with van der Waals surface area (Å²) in [6, 6.07) is 0. The smallest absolute Gasteiger partial charge is 0.168 e. The Morgan fingerprint density at radius 3 is 2.83 bits per heavy atom. The van der Waals surface area contributed by atoms with Crippen molar-refractivity contribution < 1.29 is 24.8 Å². The van der Waals surface area contributed by atoms with Crippen LogP contribution in [-0.2, 0) is 9.47 Å². The molecule has 1 aliphatic heterocycles. The summed E-state index contributed by atoms with van der Waals surface area (Å²) in [7, 11) is 0. The zero-order chi connectivity index (χ0) is 17.3. The third-order valence-corrected chi connectivity index (χ3v) is 3.78. The Hall–Kier alpha value is -2.27. The molecule has 24 heavy (non-hydrogen) atoms. The Morgan fingerprint density at radius 2 is 2.17 bits per heavy atom. The number of aliphatic hydroxyl groups is 3. The van der Waals surface area contributed by atoms with E-state index in [9.17, 15) is 15.3 Å². The summed E-state index contributed by atoms with van der Waals surface area (Å²) in [6.07, 6.45) is -0.117. The summed E-state index contributed by atoms with van der Waals surface area (Å²) in [4.78, 5) is 12.4. The minimum atomic E-state index is -1.27. The highest BCUT2D eigenvalue weighted by Crippen LogP contribution is 2.33. The van der Waals surface area contributed by atoms with Crippen LogP contribution in [0.1, 0.15) is 19.0 Å². The molecule has 1 saturated heterocycles. The average molecular weight is 337 g/mol. The summed E-state index contributed by atoms with van der Waals surface area (Å²) in [6.45, 7) is 1.89. The molecule has 0 amide bonds. The van der Waals surface area contributed by atoms with Crippen LogP contribution in [0, 0.1) is 0 Å². The van der Waals surface area contributed by atoms with Gasteiger partial charge in [0.05, 0.1) is 19.5 Å². The first-order valence-corrected chi connectivity index (χ1v) is 7.47. The Labute approximate surface area is 137 Å². The van der Waals surface area contributed by atoms with Crippen LogP contribution in [0.15, 0.2) is 12.6 Å². The van der Waals surface area contributed by atoms with E-state index in [1.807, 2.05) is 6.92 Å². The highest BCUT2D eigenvalue weighted by atomic mass is 16.6. The van der Waals surface area contributed by atoms with Gasteiger partial charge in [-0.25, -0.2) is 15.0 Å². The van der Waals surface area contributed by atoms with E-state index in [0.29, 0.717) is 23.6 Å². The molecule has 0 aromatic carbocycles. The Morgan fingerprint density at radius 1 is 1.38 bits per heavy atom. The van der Waals surface area contributed by atoms with Crippen molar-refractivity contribution in [2.24, 2.45) is 0 Å². The maximum Gasteiger partial charge on any atom is 0.168 e. The second-order valence-electron chi connectivity index (χ2n) is 5.26. The third kappa shape index (κ3) is 2.69. The molecular formula is C14H19N5O5. The summed E-state index contributed by atoms with van der Waals surface area (Å²) in [5.41, 5.74) is 6.51. The van der Waals surface area contributed by atoms with Crippen molar-refractivity contribution in [3.8, 4) is 0 Å². The number of hydrogen-bond donors (Lipinski definition) is 4. The molecule has 5 N–H and O–H groups in total. The minimum Gasteiger partial charge on any atom is -0.501 e. The molecule has 2 aromatic rings. The van der Waals surface area contributed by atoms with Crippen LogP contribution in [0.3, 0.4) is 0 Å². The molecule has 10 heteroatoms. The molecule has 4 atom stereocenters. The van der Waals surface area contributed by atoms with Gasteiger partial charge in [-0.2, -0.15) is 0 Å². The van der Waals surface area contributed by atoms with E-state index in [-0.39, 0.29) is 5.82 Å². The van der Waals surface area contributed by atoms with Gasteiger partial charge in [-0.1, -0.05) is 0 Å². The van der Waals surface area contributed by atoms with Crippen molar-refractivity contribution in [1.29, 1.82) is 0 Å². The number of rotatable bonds is 5. The first kappa shape index (κ1) is 16.6. The Kier molecular flexibility index (Phi) is 4.62. The summed E-state index contributed by atoms with van der Waals surface area (Å²) in [5, 5.41) is 29.5. The normalized spacial score (nSPS) is 27.3. The number of imidazole rings is 1. The van der Waals surface area contributed by atoms with Gasteiger partial charge < -0.3 is 30.5 Å². The van der Waals surface area contributed by atoms with Gasteiger partial charge in [-0.05, 0) is 6.92 Å². The van der Waals surface area contributed by atoms with E-state index >= 15 is 0 Å². The second-order valence-corrected chi connectivity index (χ2v) is 5.26. The molecule has 3 rings (SSSR count). The zero-order valence-corrected chi connectivity index (χ0v) is 13.0. The molecule has 0 aliphatic carbocycles. The second kappa shape index (κ2) is 6.69. The lowest BCUT2D eigenvalue weighted by Crippen LogP contribution is -2.33. The third-order valence-electron chi connectivity index (χ3n) is 3.78. The van der Waals surface area contributed by atoms with E-state index in [2.05, 4.69) is 15.0 Å². The lowest BCUT2D eigenvalue weighted by atomic mass is 10.1. The lowest BCUT2D eigenvalue weighted by Gasteiger charge is -2.18. The SMILES string of the molecule is CCOC=Cc1nc2c(N)ncnc2n1[C@@H]1O[C@H](CO)C(O)C1O. The highest BCUT2D eigenvalue weighted by molar-refractivity contribution is 5.83. The fourth-order valence-electron chi connectivity index (χ4n) is 2.61. The predicted octanol–water partition coefficient (Wildman–Crippen LogP) is -0.973. The van der Waals surface area contributed by atoms with Crippen LogP contribution >= 0.6 is 0 Å². The number of nitrogens with zero attached hydrogens (tertiary/aromatic N) is 4. The molecular weight excluding hydrogens is 318 g/mol.